The van der Waals surface area contributed by atoms with E-state index < -0.39 is 0 Å². The van der Waals surface area contributed by atoms with Crippen molar-refractivity contribution in [3.63, 3.8) is 0 Å². The largest absolute Gasteiger partial charge is 0.0800 e. The number of hydrogen-bond acceptors (Lipinski definition) is 0. The van der Waals surface area contributed by atoms with Crippen molar-refractivity contribution in [2.75, 3.05) is 0 Å². The molecule has 0 N–H and O–H groups in total. The van der Waals surface area contributed by atoms with Crippen LogP contribution >= 0.6 is 0 Å². The van der Waals surface area contributed by atoms with Crippen LogP contribution in [-0.2, 0) is 5.41 Å². The van der Waals surface area contributed by atoms with Crippen LogP contribution in [-0.4, -0.2) is 0 Å². The van der Waals surface area contributed by atoms with Crippen LogP contribution in [0.15, 0.2) is 176 Å². The Morgan fingerprint density at radius 3 is 1.03 bits per heavy atom. The lowest BCUT2D eigenvalue weighted by Crippen LogP contribution is -2.37. The molecule has 5 aromatic rings. The van der Waals surface area contributed by atoms with Crippen LogP contribution in [0, 0.1) is 11.8 Å². The molecule has 0 saturated carbocycles. The van der Waals surface area contributed by atoms with Crippen LogP contribution in [0.5, 0.6) is 0 Å². The van der Waals surface area contributed by atoms with E-state index in [4.69, 9.17) is 0 Å². The third-order valence-electron chi connectivity index (χ3n) is 7.97. The van der Waals surface area contributed by atoms with E-state index in [-0.39, 0.29) is 23.2 Å². The highest BCUT2D eigenvalue weighted by atomic mass is 14.4. The van der Waals surface area contributed by atoms with Gasteiger partial charge in [-0.1, -0.05) is 176 Å². The third-order valence-corrected chi connectivity index (χ3v) is 7.97. The highest BCUT2D eigenvalue weighted by Gasteiger charge is 2.42. The fourth-order valence-corrected chi connectivity index (χ4v) is 6.27. The van der Waals surface area contributed by atoms with Crippen molar-refractivity contribution in [2.45, 2.75) is 11.3 Å². The Morgan fingerprint density at radius 2 is 0.684 bits per heavy atom. The molecule has 0 heteroatoms. The summed E-state index contributed by atoms with van der Waals surface area (Å²) in [6.45, 7) is 0. The molecule has 0 atom stereocenters. The van der Waals surface area contributed by atoms with E-state index in [1.165, 1.54) is 27.8 Å². The van der Waals surface area contributed by atoms with Crippen molar-refractivity contribution < 1.29 is 0 Å². The first-order valence-corrected chi connectivity index (χ1v) is 13.5. The highest BCUT2D eigenvalue weighted by Crippen LogP contribution is 2.48. The molecule has 0 saturated heterocycles. The van der Waals surface area contributed by atoms with Gasteiger partial charge in [-0.25, -0.2) is 0 Å². The molecule has 184 valence electrons. The molecule has 0 fully saturated rings. The van der Waals surface area contributed by atoms with E-state index in [2.05, 4.69) is 176 Å². The van der Waals surface area contributed by atoms with Crippen molar-refractivity contribution in [1.29, 1.82) is 0 Å². The first kappa shape index (κ1) is 23.9. The van der Waals surface area contributed by atoms with Crippen molar-refractivity contribution in [1.82, 2.24) is 0 Å². The Hall–Kier alpha value is -4.42. The van der Waals surface area contributed by atoms with Gasteiger partial charge < -0.3 is 0 Å². The first-order chi connectivity index (χ1) is 18.9. The van der Waals surface area contributed by atoms with Crippen molar-refractivity contribution in [2.24, 2.45) is 11.8 Å². The van der Waals surface area contributed by atoms with Crippen molar-refractivity contribution in [3.8, 4) is 0 Å². The summed E-state index contributed by atoms with van der Waals surface area (Å²) in [6.07, 6.45) is 9.80. The average molecular weight is 489 g/mol. The molecule has 1 aliphatic rings. The van der Waals surface area contributed by atoms with Gasteiger partial charge in [0.05, 0.1) is 5.41 Å². The fourth-order valence-electron chi connectivity index (χ4n) is 6.27. The van der Waals surface area contributed by atoms with Crippen LogP contribution in [0.25, 0.3) is 0 Å². The molecule has 0 spiro atoms. The lowest BCUT2D eigenvalue weighted by molar-refractivity contribution is 0.507. The molecule has 0 unspecified atom stereocenters. The van der Waals surface area contributed by atoms with Gasteiger partial charge in [-0.2, -0.15) is 0 Å². The van der Waals surface area contributed by atoms with Crippen molar-refractivity contribution in [3.05, 3.63) is 204 Å². The predicted octanol–water partition coefficient (Wildman–Crippen LogP) is 9.21. The van der Waals surface area contributed by atoms with Crippen LogP contribution in [0.2, 0.25) is 0 Å². The van der Waals surface area contributed by atoms with Crippen LogP contribution in [0.4, 0.5) is 0 Å². The Labute approximate surface area is 226 Å². The second kappa shape index (κ2) is 10.9. The van der Waals surface area contributed by atoms with Gasteiger partial charge in [-0.3, -0.25) is 0 Å². The quantitative estimate of drug-likeness (QED) is 0.158. The van der Waals surface area contributed by atoms with Gasteiger partial charge in [0.1, 0.15) is 0 Å². The number of allylic oxidation sites excluding steroid dienone is 4. The first-order valence-electron chi connectivity index (χ1n) is 13.5. The molecule has 0 radical (unpaired) electrons. The summed E-state index contributed by atoms with van der Waals surface area (Å²) in [4.78, 5) is 0. The maximum Gasteiger partial charge on any atom is 0.0548 e. The molecule has 0 nitrogen and oxygen atoms in total. The zero-order valence-corrected chi connectivity index (χ0v) is 21.5. The Bertz CT molecular complexity index is 1330. The van der Waals surface area contributed by atoms with Gasteiger partial charge in [0.25, 0.3) is 0 Å². The Balaban J connectivity index is 1.48. The summed E-state index contributed by atoms with van der Waals surface area (Å²) in [6, 6.07) is 54.8. The second-order valence-electron chi connectivity index (χ2n) is 10.1. The summed E-state index contributed by atoms with van der Waals surface area (Å²) in [5, 5.41) is 0. The monoisotopic (exact) mass is 488 g/mol. The van der Waals surface area contributed by atoms with Crippen LogP contribution < -0.4 is 0 Å². The predicted molar refractivity (Wildman–Crippen MR) is 159 cm³/mol. The Morgan fingerprint density at radius 1 is 0.368 bits per heavy atom. The van der Waals surface area contributed by atoms with Gasteiger partial charge in [0, 0.05) is 17.8 Å². The molecule has 0 amide bonds. The van der Waals surface area contributed by atoms with E-state index in [9.17, 15) is 0 Å². The molecule has 0 aromatic heterocycles. The molecule has 0 heterocycles. The maximum atomic E-state index is 2.45. The zero-order valence-electron chi connectivity index (χ0n) is 21.5. The smallest absolute Gasteiger partial charge is 0.0548 e. The minimum atomic E-state index is -0.337. The number of hydrogen-bond donors (Lipinski definition) is 0. The van der Waals surface area contributed by atoms with Crippen molar-refractivity contribution >= 4 is 0 Å². The summed E-state index contributed by atoms with van der Waals surface area (Å²) in [5.74, 6) is 0.708. The van der Waals surface area contributed by atoms with E-state index in [1.54, 1.807) is 0 Å². The molecular formula is C38H32. The lowest BCUT2D eigenvalue weighted by Gasteiger charge is -2.42. The molecule has 0 bridgehead atoms. The normalized spacial score (nSPS) is 17.0. The summed E-state index contributed by atoms with van der Waals surface area (Å²) >= 11 is 0. The Kier molecular flexibility index (Phi) is 6.87. The topological polar surface area (TPSA) is 0 Å². The minimum Gasteiger partial charge on any atom is -0.0800 e. The lowest BCUT2D eigenvalue weighted by atomic mass is 9.60. The zero-order chi connectivity index (χ0) is 25.6. The van der Waals surface area contributed by atoms with Gasteiger partial charge in [-0.05, 0) is 27.8 Å². The summed E-state index contributed by atoms with van der Waals surface area (Å²) in [5.41, 5.74) is 6.26. The minimum absolute atomic E-state index is 0.165. The van der Waals surface area contributed by atoms with Gasteiger partial charge in [0.15, 0.2) is 0 Å². The van der Waals surface area contributed by atoms with E-state index in [0.29, 0.717) is 0 Å². The van der Waals surface area contributed by atoms with Crippen LogP contribution in [0.1, 0.15) is 33.7 Å². The third kappa shape index (κ3) is 4.44. The molecule has 6 rings (SSSR count). The van der Waals surface area contributed by atoms with Gasteiger partial charge in [-0.15, -0.1) is 0 Å². The molecule has 5 aromatic carbocycles. The fraction of sp³-hybridized carbons (Fsp3) is 0.105. The van der Waals surface area contributed by atoms with E-state index >= 15 is 0 Å². The molecule has 1 aliphatic carbocycles. The molecule has 38 heavy (non-hydrogen) atoms. The van der Waals surface area contributed by atoms with E-state index in [0.717, 1.165) is 0 Å². The SMILES string of the molecule is C1=CC(C(c2ccccc2)(c2ccccc2)c2ccccc2)C=CC1C(c1ccccc1)c1ccccc1. The summed E-state index contributed by atoms with van der Waals surface area (Å²) < 4.78 is 0. The highest BCUT2D eigenvalue weighted by molar-refractivity contribution is 5.54. The van der Waals surface area contributed by atoms with Gasteiger partial charge in [0.2, 0.25) is 0 Å². The number of benzene rings is 5. The maximum absolute atomic E-state index is 2.45. The average Bonchev–Trinajstić information content (AvgIpc) is 3.01. The number of rotatable bonds is 7. The summed E-state index contributed by atoms with van der Waals surface area (Å²) in [7, 11) is 0. The standard InChI is InChI=1S/C38H32/c1-6-16-30(17-7-1)37(31-18-8-2-9-19-31)32-26-28-36(29-27-32)38(33-20-10-3-11-21-33,34-22-12-4-13-23-34)35-24-14-5-15-25-35/h1-29,32,36-37H. The molecule has 0 aliphatic heterocycles. The van der Waals surface area contributed by atoms with Gasteiger partial charge >= 0.3 is 0 Å². The second-order valence-corrected chi connectivity index (χ2v) is 10.1. The van der Waals surface area contributed by atoms with Crippen LogP contribution in [0.3, 0.4) is 0 Å². The van der Waals surface area contributed by atoms with E-state index in [1.807, 2.05) is 0 Å². The molecular weight excluding hydrogens is 456 g/mol.